The van der Waals surface area contributed by atoms with E-state index in [9.17, 15) is 8.42 Å². The van der Waals surface area contributed by atoms with Crippen molar-refractivity contribution >= 4 is 34.0 Å². The summed E-state index contributed by atoms with van der Waals surface area (Å²) in [6.45, 7) is 0. The number of nitrogen functional groups attached to an aromatic ring is 1. The van der Waals surface area contributed by atoms with Crippen LogP contribution in [0.2, 0.25) is 0 Å². The monoisotopic (exact) mass is 237 g/mol. The maximum Gasteiger partial charge on any atom is 0.298 e. The Bertz CT molecular complexity index is 376. The van der Waals surface area contributed by atoms with Crippen molar-refractivity contribution in [3.05, 3.63) is 24.3 Å². The molecule has 1 aromatic rings. The second-order valence-corrected chi connectivity index (χ2v) is 4.05. The van der Waals surface area contributed by atoms with Gasteiger partial charge in [-0.25, -0.2) is 4.72 Å². The van der Waals surface area contributed by atoms with Gasteiger partial charge in [-0.1, -0.05) is 0 Å². The van der Waals surface area contributed by atoms with Gasteiger partial charge < -0.3 is 5.73 Å². The third-order valence-corrected chi connectivity index (χ3v) is 2.47. The predicted octanol–water partition coefficient (Wildman–Crippen LogP) is 0.567. The number of hydrogen-bond acceptors (Lipinski definition) is 3. The van der Waals surface area contributed by atoms with E-state index in [1.165, 1.54) is 7.05 Å². The first-order valence-corrected chi connectivity index (χ1v) is 5.08. The molecule has 5 nitrogen and oxygen atoms in total. The van der Waals surface area contributed by atoms with E-state index in [0.717, 1.165) is 0 Å². The molecule has 0 aliphatic heterocycles. The van der Waals surface area contributed by atoms with Crippen LogP contribution in [-0.2, 0) is 10.2 Å². The minimum Gasteiger partial charge on any atom is -0.399 e. The fourth-order valence-electron chi connectivity index (χ4n) is 0.757. The molecule has 0 atom stereocenters. The Morgan fingerprint density at radius 1 is 1.21 bits per heavy atom. The van der Waals surface area contributed by atoms with Crippen molar-refractivity contribution in [2.45, 2.75) is 0 Å². The molecule has 0 aliphatic rings. The van der Waals surface area contributed by atoms with E-state index in [1.807, 2.05) is 0 Å². The molecule has 0 unspecified atom stereocenters. The van der Waals surface area contributed by atoms with Crippen LogP contribution in [0, 0.1) is 0 Å². The second kappa shape index (κ2) is 5.04. The molecule has 0 amide bonds. The first-order valence-electron chi connectivity index (χ1n) is 3.60. The maximum absolute atomic E-state index is 11.0. The smallest absolute Gasteiger partial charge is 0.298 e. The Morgan fingerprint density at radius 3 is 2.14 bits per heavy atom. The quantitative estimate of drug-likeness (QED) is 0.672. The van der Waals surface area contributed by atoms with Crippen molar-refractivity contribution in [3.8, 4) is 0 Å². The highest BCUT2D eigenvalue weighted by molar-refractivity contribution is 7.90. The summed E-state index contributed by atoms with van der Waals surface area (Å²) in [6, 6.07) is 6.41. The largest absolute Gasteiger partial charge is 0.399 e. The number of nitrogens with one attached hydrogen (secondary N) is 2. The Kier molecular flexibility index (Phi) is 4.69. The first-order chi connectivity index (χ1) is 6.03. The van der Waals surface area contributed by atoms with Gasteiger partial charge in [0.25, 0.3) is 10.2 Å². The summed E-state index contributed by atoms with van der Waals surface area (Å²) in [5, 5.41) is 0. The van der Waals surface area contributed by atoms with Gasteiger partial charge in [-0.3, -0.25) is 4.72 Å². The highest BCUT2D eigenvalue weighted by Gasteiger charge is 2.04. The van der Waals surface area contributed by atoms with E-state index in [4.69, 9.17) is 5.73 Å². The molecular weight excluding hydrogens is 226 g/mol. The van der Waals surface area contributed by atoms with E-state index in [-0.39, 0.29) is 12.4 Å². The molecule has 1 aromatic carbocycles. The fraction of sp³-hybridized carbons (Fsp3) is 0.143. The van der Waals surface area contributed by atoms with E-state index in [1.54, 1.807) is 24.3 Å². The average molecular weight is 238 g/mol. The lowest BCUT2D eigenvalue weighted by Gasteiger charge is -2.05. The van der Waals surface area contributed by atoms with Crippen molar-refractivity contribution in [3.63, 3.8) is 0 Å². The van der Waals surface area contributed by atoms with Gasteiger partial charge >= 0.3 is 0 Å². The molecular formula is C7H12ClN3O2S. The van der Waals surface area contributed by atoms with E-state index in [0.29, 0.717) is 11.4 Å². The number of benzene rings is 1. The lowest BCUT2D eigenvalue weighted by Crippen LogP contribution is -2.26. The summed E-state index contributed by atoms with van der Waals surface area (Å²) < 4.78 is 26.4. The topological polar surface area (TPSA) is 84.2 Å². The van der Waals surface area contributed by atoms with Gasteiger partial charge in [-0.2, -0.15) is 8.42 Å². The SMILES string of the molecule is CNS(=O)(=O)Nc1ccc(N)cc1.Cl. The van der Waals surface area contributed by atoms with Crippen LogP contribution in [0.25, 0.3) is 0 Å². The van der Waals surface area contributed by atoms with E-state index >= 15 is 0 Å². The average Bonchev–Trinajstić information content (AvgIpc) is 2.09. The van der Waals surface area contributed by atoms with Crippen LogP contribution >= 0.6 is 12.4 Å². The third-order valence-electron chi connectivity index (χ3n) is 1.43. The van der Waals surface area contributed by atoms with E-state index in [2.05, 4.69) is 9.44 Å². The number of rotatable bonds is 3. The van der Waals surface area contributed by atoms with Gasteiger partial charge in [0, 0.05) is 18.4 Å². The zero-order chi connectivity index (χ0) is 9.90. The van der Waals surface area contributed by atoms with Gasteiger partial charge in [0.15, 0.2) is 0 Å². The molecule has 0 fully saturated rings. The number of anilines is 2. The molecule has 14 heavy (non-hydrogen) atoms. The van der Waals surface area contributed by atoms with Gasteiger partial charge in [-0.05, 0) is 24.3 Å². The maximum atomic E-state index is 11.0. The molecule has 0 spiro atoms. The minimum atomic E-state index is -3.43. The molecule has 1 rings (SSSR count). The van der Waals surface area contributed by atoms with Crippen LogP contribution in [0.4, 0.5) is 11.4 Å². The highest BCUT2D eigenvalue weighted by Crippen LogP contribution is 2.11. The lowest BCUT2D eigenvalue weighted by atomic mass is 10.3. The Hall–Kier alpha value is -0.980. The summed E-state index contributed by atoms with van der Waals surface area (Å²) in [5.74, 6) is 0. The predicted molar refractivity (Wildman–Crippen MR) is 59.7 cm³/mol. The number of nitrogens with two attached hydrogens (primary N) is 1. The van der Waals surface area contributed by atoms with Crippen LogP contribution in [-0.4, -0.2) is 15.5 Å². The minimum absolute atomic E-state index is 0. The normalized spacial score (nSPS) is 10.4. The van der Waals surface area contributed by atoms with Crippen LogP contribution < -0.4 is 15.2 Å². The fourth-order valence-corrected chi connectivity index (χ4v) is 1.31. The van der Waals surface area contributed by atoms with Gasteiger partial charge in [0.2, 0.25) is 0 Å². The van der Waals surface area contributed by atoms with Gasteiger partial charge in [0.05, 0.1) is 0 Å². The molecule has 0 heterocycles. The van der Waals surface area contributed by atoms with Crippen molar-refractivity contribution in [2.75, 3.05) is 17.5 Å². The molecule has 80 valence electrons. The molecule has 0 aliphatic carbocycles. The molecule has 7 heteroatoms. The Balaban J connectivity index is 0.00000169. The van der Waals surface area contributed by atoms with Crippen molar-refractivity contribution in [1.82, 2.24) is 4.72 Å². The third kappa shape index (κ3) is 3.82. The zero-order valence-electron chi connectivity index (χ0n) is 7.52. The first kappa shape index (κ1) is 13.0. The van der Waals surface area contributed by atoms with Crippen molar-refractivity contribution in [2.24, 2.45) is 0 Å². The van der Waals surface area contributed by atoms with Crippen molar-refractivity contribution in [1.29, 1.82) is 0 Å². The zero-order valence-corrected chi connectivity index (χ0v) is 9.15. The van der Waals surface area contributed by atoms with Crippen LogP contribution in [0.15, 0.2) is 24.3 Å². The molecule has 0 aromatic heterocycles. The summed E-state index contributed by atoms with van der Waals surface area (Å²) in [4.78, 5) is 0. The summed E-state index contributed by atoms with van der Waals surface area (Å²) in [6.07, 6.45) is 0. The number of halogens is 1. The van der Waals surface area contributed by atoms with Gasteiger partial charge in [-0.15, -0.1) is 12.4 Å². The molecule has 4 N–H and O–H groups in total. The standard InChI is InChI=1S/C7H11N3O2S.ClH/c1-9-13(11,12)10-7-4-2-6(8)3-5-7;/h2-5,9-10H,8H2,1H3;1H. The molecule has 0 saturated heterocycles. The Morgan fingerprint density at radius 2 is 1.71 bits per heavy atom. The van der Waals surface area contributed by atoms with Crippen LogP contribution in [0.5, 0.6) is 0 Å². The summed E-state index contributed by atoms with van der Waals surface area (Å²) in [5.41, 5.74) is 6.50. The van der Waals surface area contributed by atoms with Gasteiger partial charge in [0.1, 0.15) is 0 Å². The van der Waals surface area contributed by atoms with E-state index < -0.39 is 10.2 Å². The molecule has 0 saturated carbocycles. The molecule has 0 radical (unpaired) electrons. The lowest BCUT2D eigenvalue weighted by molar-refractivity contribution is 0.593. The highest BCUT2D eigenvalue weighted by atomic mass is 35.5. The second-order valence-electron chi connectivity index (χ2n) is 2.43. The Labute approximate surface area is 89.3 Å². The van der Waals surface area contributed by atoms with Crippen molar-refractivity contribution < 1.29 is 8.42 Å². The van der Waals surface area contributed by atoms with Crippen LogP contribution in [0.1, 0.15) is 0 Å². The summed E-state index contributed by atoms with van der Waals surface area (Å²) in [7, 11) is -2.09. The molecule has 0 bridgehead atoms. The summed E-state index contributed by atoms with van der Waals surface area (Å²) >= 11 is 0. The van der Waals surface area contributed by atoms with Crippen LogP contribution in [0.3, 0.4) is 0 Å². The number of hydrogen-bond donors (Lipinski definition) is 3.